The molecule has 20 heavy (non-hydrogen) atoms. The number of rotatable bonds is 4. The average molecular weight is 301 g/mol. The molecule has 0 fully saturated rings. The molecule has 0 saturated heterocycles. The van der Waals surface area contributed by atoms with E-state index >= 15 is 0 Å². The van der Waals surface area contributed by atoms with Crippen molar-refractivity contribution in [3.05, 3.63) is 22.7 Å². The van der Waals surface area contributed by atoms with Crippen LogP contribution in [0.15, 0.2) is 12.1 Å². The summed E-state index contributed by atoms with van der Waals surface area (Å²) >= 11 is 6.13. The number of carbonyl (C=O) groups excluding carboxylic acids is 1. The van der Waals surface area contributed by atoms with Gasteiger partial charge in [-0.3, -0.25) is 4.79 Å². The maximum atomic E-state index is 11.4. The van der Waals surface area contributed by atoms with Gasteiger partial charge in [0.15, 0.2) is 11.5 Å². The predicted molar refractivity (Wildman–Crippen MR) is 73.3 cm³/mol. The Morgan fingerprint density at radius 1 is 1.45 bits per heavy atom. The number of benzene rings is 1. The summed E-state index contributed by atoms with van der Waals surface area (Å²) in [6.07, 6.45) is -0.334. The quantitative estimate of drug-likeness (QED) is 0.866. The van der Waals surface area contributed by atoms with E-state index in [1.54, 1.807) is 19.1 Å². The Kier molecular flexibility index (Phi) is 5.09. The van der Waals surface area contributed by atoms with Crippen LogP contribution in [0.25, 0.3) is 0 Å². The van der Waals surface area contributed by atoms with Gasteiger partial charge >= 0.3 is 5.97 Å². The zero-order chi connectivity index (χ0) is 14.5. The zero-order valence-electron chi connectivity index (χ0n) is 11.2. The number of hydrogen-bond acceptors (Lipinski definition) is 5. The van der Waals surface area contributed by atoms with Gasteiger partial charge in [0, 0.05) is 6.42 Å². The number of halogens is 1. The molecule has 0 bridgehead atoms. The van der Waals surface area contributed by atoms with Gasteiger partial charge < -0.3 is 19.3 Å². The molecule has 1 aliphatic rings. The summed E-state index contributed by atoms with van der Waals surface area (Å²) in [5.74, 6) is 0.521. The minimum absolute atomic E-state index is 0.121. The number of fused-ring (bicyclic) bond motifs is 1. The molecule has 1 aromatic carbocycles. The van der Waals surface area contributed by atoms with Crippen LogP contribution in [0.5, 0.6) is 11.5 Å². The third-order valence-electron chi connectivity index (χ3n) is 2.87. The van der Waals surface area contributed by atoms with E-state index < -0.39 is 12.1 Å². The number of aliphatic hydroxyl groups excluding tert-OH is 1. The van der Waals surface area contributed by atoms with Gasteiger partial charge in [-0.2, -0.15) is 0 Å². The Morgan fingerprint density at radius 3 is 2.95 bits per heavy atom. The lowest BCUT2D eigenvalue weighted by Crippen LogP contribution is -2.10. The molecule has 2 rings (SSSR count). The van der Waals surface area contributed by atoms with Gasteiger partial charge in [0.2, 0.25) is 0 Å². The largest absolute Gasteiger partial charge is 0.489 e. The van der Waals surface area contributed by atoms with E-state index in [1.807, 2.05) is 0 Å². The SMILES string of the molecule is CCOC(=O)CC(O)c1cc(Cl)c2c(c1)OCCCO2. The van der Waals surface area contributed by atoms with Gasteiger partial charge in [0.25, 0.3) is 0 Å². The highest BCUT2D eigenvalue weighted by molar-refractivity contribution is 6.32. The van der Waals surface area contributed by atoms with Crippen molar-refractivity contribution >= 4 is 17.6 Å². The van der Waals surface area contributed by atoms with Crippen molar-refractivity contribution in [3.8, 4) is 11.5 Å². The smallest absolute Gasteiger partial charge is 0.308 e. The van der Waals surface area contributed by atoms with Crippen molar-refractivity contribution in [2.45, 2.75) is 25.9 Å². The molecule has 0 radical (unpaired) electrons. The second-order valence-corrected chi connectivity index (χ2v) is 4.81. The second-order valence-electron chi connectivity index (χ2n) is 4.41. The van der Waals surface area contributed by atoms with E-state index in [9.17, 15) is 9.90 Å². The van der Waals surface area contributed by atoms with Gasteiger partial charge in [-0.1, -0.05) is 11.6 Å². The summed E-state index contributed by atoms with van der Waals surface area (Å²) in [5, 5.41) is 10.4. The van der Waals surface area contributed by atoms with Crippen LogP contribution < -0.4 is 9.47 Å². The third kappa shape index (κ3) is 3.55. The fourth-order valence-corrected chi connectivity index (χ4v) is 2.21. The van der Waals surface area contributed by atoms with Crippen molar-refractivity contribution in [2.24, 2.45) is 0 Å². The Labute approximate surface area is 122 Å². The fraction of sp³-hybridized carbons (Fsp3) is 0.500. The molecule has 5 nitrogen and oxygen atoms in total. The van der Waals surface area contributed by atoms with Crippen LogP contribution in [0.1, 0.15) is 31.4 Å². The number of carbonyl (C=O) groups is 1. The Morgan fingerprint density at radius 2 is 2.20 bits per heavy atom. The molecule has 0 amide bonds. The van der Waals surface area contributed by atoms with Crippen LogP contribution in [0.2, 0.25) is 5.02 Å². The van der Waals surface area contributed by atoms with E-state index in [-0.39, 0.29) is 13.0 Å². The first-order chi connectivity index (χ1) is 9.61. The number of esters is 1. The van der Waals surface area contributed by atoms with Crippen molar-refractivity contribution in [2.75, 3.05) is 19.8 Å². The monoisotopic (exact) mass is 300 g/mol. The van der Waals surface area contributed by atoms with Crippen LogP contribution in [-0.4, -0.2) is 30.9 Å². The van der Waals surface area contributed by atoms with Gasteiger partial charge in [0.05, 0.1) is 37.4 Å². The van der Waals surface area contributed by atoms with E-state index in [0.717, 1.165) is 6.42 Å². The standard InChI is InChI=1S/C14H17ClO5/c1-2-18-13(17)8-11(16)9-6-10(15)14-12(7-9)19-4-3-5-20-14/h6-7,11,16H,2-5,8H2,1H3. The Bertz CT molecular complexity index is 489. The van der Waals surface area contributed by atoms with Gasteiger partial charge in [0.1, 0.15) is 0 Å². The van der Waals surface area contributed by atoms with E-state index in [2.05, 4.69) is 0 Å². The first-order valence-corrected chi connectivity index (χ1v) is 6.92. The minimum atomic E-state index is -0.983. The molecule has 6 heteroatoms. The summed E-state index contributed by atoms with van der Waals surface area (Å²) < 4.78 is 15.8. The first-order valence-electron chi connectivity index (χ1n) is 6.54. The molecule has 1 atom stereocenters. The van der Waals surface area contributed by atoms with E-state index in [4.69, 9.17) is 25.8 Å². The lowest BCUT2D eigenvalue weighted by Gasteiger charge is -2.15. The Hall–Kier alpha value is -1.46. The molecule has 0 saturated carbocycles. The highest BCUT2D eigenvalue weighted by Crippen LogP contribution is 2.39. The summed E-state index contributed by atoms with van der Waals surface area (Å²) in [6, 6.07) is 3.23. The highest BCUT2D eigenvalue weighted by Gasteiger charge is 2.20. The second kappa shape index (κ2) is 6.81. The minimum Gasteiger partial charge on any atom is -0.489 e. The number of ether oxygens (including phenoxy) is 3. The molecule has 110 valence electrons. The van der Waals surface area contributed by atoms with Crippen molar-refractivity contribution in [1.82, 2.24) is 0 Å². The number of aliphatic hydroxyl groups is 1. The van der Waals surface area contributed by atoms with Gasteiger partial charge in [-0.15, -0.1) is 0 Å². The summed E-state index contributed by atoms with van der Waals surface area (Å²) in [7, 11) is 0. The summed E-state index contributed by atoms with van der Waals surface area (Å²) in [4.78, 5) is 11.4. The summed E-state index contributed by atoms with van der Waals surface area (Å²) in [5.41, 5.74) is 0.507. The molecule has 0 aliphatic carbocycles. The van der Waals surface area contributed by atoms with Crippen LogP contribution in [0.4, 0.5) is 0 Å². The van der Waals surface area contributed by atoms with Crippen LogP contribution in [0, 0.1) is 0 Å². The first kappa shape index (κ1) is 14.9. The molecule has 1 aliphatic heterocycles. The molecule has 1 aromatic rings. The van der Waals surface area contributed by atoms with Gasteiger partial charge in [-0.05, 0) is 24.6 Å². The molecule has 0 aromatic heterocycles. The van der Waals surface area contributed by atoms with E-state index in [0.29, 0.717) is 35.3 Å². The highest BCUT2D eigenvalue weighted by atomic mass is 35.5. The van der Waals surface area contributed by atoms with Crippen LogP contribution >= 0.6 is 11.6 Å². The Balaban J connectivity index is 2.18. The maximum Gasteiger partial charge on any atom is 0.308 e. The zero-order valence-corrected chi connectivity index (χ0v) is 12.0. The lowest BCUT2D eigenvalue weighted by molar-refractivity contribution is -0.145. The van der Waals surface area contributed by atoms with E-state index in [1.165, 1.54) is 0 Å². The predicted octanol–water partition coefficient (Wildman–Crippen LogP) is 2.49. The average Bonchev–Trinajstić information content (AvgIpc) is 2.64. The molecular weight excluding hydrogens is 284 g/mol. The molecule has 1 unspecified atom stereocenters. The topological polar surface area (TPSA) is 65.0 Å². The van der Waals surface area contributed by atoms with Crippen molar-refractivity contribution < 1.29 is 24.1 Å². The van der Waals surface area contributed by atoms with Gasteiger partial charge in [-0.25, -0.2) is 0 Å². The molecule has 0 spiro atoms. The number of hydrogen-bond donors (Lipinski definition) is 1. The third-order valence-corrected chi connectivity index (χ3v) is 3.16. The lowest BCUT2D eigenvalue weighted by atomic mass is 10.1. The van der Waals surface area contributed by atoms with Crippen LogP contribution in [-0.2, 0) is 9.53 Å². The molecule has 1 N–H and O–H groups in total. The molecular formula is C14H17ClO5. The van der Waals surface area contributed by atoms with Crippen LogP contribution in [0.3, 0.4) is 0 Å². The summed E-state index contributed by atoms with van der Waals surface area (Å²) in [6.45, 7) is 3.07. The maximum absolute atomic E-state index is 11.4. The molecule has 1 heterocycles. The van der Waals surface area contributed by atoms with Crippen molar-refractivity contribution in [1.29, 1.82) is 0 Å². The fourth-order valence-electron chi connectivity index (χ4n) is 1.94. The van der Waals surface area contributed by atoms with Crippen molar-refractivity contribution in [3.63, 3.8) is 0 Å². The normalized spacial score (nSPS) is 15.3.